The van der Waals surface area contributed by atoms with Gasteiger partial charge in [-0.2, -0.15) is 0 Å². The lowest BCUT2D eigenvalue weighted by Gasteiger charge is -2.07. The molecule has 0 saturated heterocycles. The van der Waals surface area contributed by atoms with Crippen LogP contribution in [-0.4, -0.2) is 9.97 Å². The lowest BCUT2D eigenvalue weighted by Crippen LogP contribution is -2.08. The maximum atomic E-state index is 11.2. The number of rotatable bonds is 2. The number of hydrogen-bond acceptors (Lipinski definition) is 4. The minimum atomic E-state index is -0.457. The highest BCUT2D eigenvalue weighted by Crippen LogP contribution is 2.27. The molecule has 1 aromatic carbocycles. The molecule has 0 aliphatic rings. The summed E-state index contributed by atoms with van der Waals surface area (Å²) in [6, 6.07) is 6.87. The summed E-state index contributed by atoms with van der Waals surface area (Å²) >= 11 is 5.72. The lowest BCUT2D eigenvalue weighted by molar-refractivity contribution is 0.463. The Morgan fingerprint density at radius 3 is 2.88 bits per heavy atom. The highest BCUT2D eigenvalue weighted by atomic mass is 35.5. The van der Waals surface area contributed by atoms with E-state index in [4.69, 9.17) is 22.1 Å². The van der Waals surface area contributed by atoms with Crippen LogP contribution in [0.5, 0.6) is 11.6 Å². The van der Waals surface area contributed by atoms with E-state index in [2.05, 4.69) is 9.97 Å². The molecule has 0 aliphatic heterocycles. The Labute approximate surface area is 95.8 Å². The third-order valence-electron chi connectivity index (χ3n) is 1.89. The summed E-state index contributed by atoms with van der Waals surface area (Å²) in [6.07, 6.45) is 1.21. The van der Waals surface area contributed by atoms with E-state index in [0.717, 1.165) is 0 Å². The molecule has 0 radical (unpaired) electrons. The number of nitrogens with two attached hydrogens (primary N) is 1. The maximum absolute atomic E-state index is 11.2. The fourth-order valence-electron chi connectivity index (χ4n) is 1.12. The number of H-pyrrole nitrogens is 1. The summed E-state index contributed by atoms with van der Waals surface area (Å²) in [5, 5.41) is -0.106. The largest absolute Gasteiger partial charge is 0.435 e. The minimum Gasteiger partial charge on any atom is -0.435 e. The van der Waals surface area contributed by atoms with E-state index in [1.165, 1.54) is 6.33 Å². The average Bonchev–Trinajstić information content (AvgIpc) is 2.28. The normalized spacial score (nSPS) is 10.1. The molecule has 0 saturated carbocycles. The highest BCUT2D eigenvalue weighted by Gasteiger charge is 2.09. The molecule has 2 aromatic rings. The van der Waals surface area contributed by atoms with Gasteiger partial charge in [0.1, 0.15) is 0 Å². The van der Waals surface area contributed by atoms with Crippen LogP contribution in [0.15, 0.2) is 35.4 Å². The molecule has 0 spiro atoms. The first-order chi connectivity index (χ1) is 7.68. The second-order valence-electron chi connectivity index (χ2n) is 2.99. The van der Waals surface area contributed by atoms with E-state index >= 15 is 0 Å². The molecule has 0 unspecified atom stereocenters. The van der Waals surface area contributed by atoms with Crippen LogP contribution in [-0.2, 0) is 0 Å². The summed E-state index contributed by atoms with van der Waals surface area (Å²) in [5.74, 6) is 0.436. The van der Waals surface area contributed by atoms with Gasteiger partial charge in [0.25, 0.3) is 5.56 Å². The summed E-state index contributed by atoms with van der Waals surface area (Å²) in [7, 11) is 0. The summed E-state index contributed by atoms with van der Waals surface area (Å²) < 4.78 is 5.33. The zero-order valence-corrected chi connectivity index (χ0v) is 8.86. The summed E-state index contributed by atoms with van der Waals surface area (Å²) in [5.41, 5.74) is 5.66. The Morgan fingerprint density at radius 2 is 2.12 bits per heavy atom. The van der Waals surface area contributed by atoms with Crippen LogP contribution in [0, 0.1) is 0 Å². The number of nitrogens with zero attached hydrogens (tertiary/aromatic N) is 1. The van der Waals surface area contributed by atoms with Gasteiger partial charge in [0.2, 0.25) is 5.88 Å². The first kappa shape index (κ1) is 10.5. The predicted octanol–water partition coefficient (Wildman–Crippen LogP) is 1.80. The number of nitrogens with one attached hydrogen (secondary N) is 1. The second-order valence-corrected chi connectivity index (χ2v) is 3.37. The molecule has 1 aromatic heterocycles. The molecule has 5 nitrogen and oxygen atoms in total. The number of anilines is 1. The third kappa shape index (κ3) is 1.99. The van der Waals surface area contributed by atoms with Gasteiger partial charge in [-0.05, 0) is 12.1 Å². The van der Waals surface area contributed by atoms with E-state index < -0.39 is 5.56 Å². The topological polar surface area (TPSA) is 81.0 Å². The zero-order valence-electron chi connectivity index (χ0n) is 8.11. The first-order valence-corrected chi connectivity index (χ1v) is 4.82. The third-order valence-corrected chi connectivity index (χ3v) is 2.22. The van der Waals surface area contributed by atoms with Crippen molar-refractivity contribution >= 4 is 17.3 Å². The molecule has 16 heavy (non-hydrogen) atoms. The van der Waals surface area contributed by atoms with Crippen molar-refractivity contribution in [2.24, 2.45) is 0 Å². The van der Waals surface area contributed by atoms with Gasteiger partial charge in [-0.3, -0.25) is 4.79 Å². The SMILES string of the molecule is Nc1ccccc1Oc1nc[nH]c(=O)c1Cl. The molecular weight excluding hydrogens is 230 g/mol. The van der Waals surface area contributed by atoms with E-state index in [1.807, 2.05) is 0 Å². The van der Waals surface area contributed by atoms with Gasteiger partial charge in [-0.15, -0.1) is 0 Å². The Bertz CT molecular complexity index is 568. The van der Waals surface area contributed by atoms with Crippen LogP contribution < -0.4 is 16.0 Å². The van der Waals surface area contributed by atoms with Crippen LogP contribution in [0.1, 0.15) is 0 Å². The van der Waals surface area contributed by atoms with E-state index in [9.17, 15) is 4.79 Å². The predicted molar refractivity (Wildman–Crippen MR) is 60.8 cm³/mol. The van der Waals surface area contributed by atoms with Gasteiger partial charge >= 0.3 is 0 Å². The number of aromatic amines is 1. The number of hydrogen-bond donors (Lipinski definition) is 2. The molecule has 6 heteroatoms. The summed E-state index contributed by atoms with van der Waals surface area (Å²) in [6.45, 7) is 0. The Balaban J connectivity index is 2.38. The van der Waals surface area contributed by atoms with Gasteiger partial charge in [0.15, 0.2) is 10.8 Å². The fourth-order valence-corrected chi connectivity index (χ4v) is 1.26. The number of ether oxygens (including phenoxy) is 1. The smallest absolute Gasteiger partial charge is 0.273 e. The van der Waals surface area contributed by atoms with Crippen molar-refractivity contribution in [2.45, 2.75) is 0 Å². The molecule has 82 valence electrons. The molecular formula is C10H8ClN3O2. The molecule has 0 fully saturated rings. The van der Waals surface area contributed by atoms with E-state index in [1.54, 1.807) is 24.3 Å². The average molecular weight is 238 g/mol. The van der Waals surface area contributed by atoms with Gasteiger partial charge < -0.3 is 15.5 Å². The minimum absolute atomic E-state index is 0.0308. The maximum Gasteiger partial charge on any atom is 0.273 e. The van der Waals surface area contributed by atoms with Crippen LogP contribution in [0.25, 0.3) is 0 Å². The van der Waals surface area contributed by atoms with Crippen LogP contribution in [0.2, 0.25) is 5.02 Å². The highest BCUT2D eigenvalue weighted by molar-refractivity contribution is 6.31. The molecule has 0 bridgehead atoms. The number of halogens is 1. The molecule has 1 heterocycles. The first-order valence-electron chi connectivity index (χ1n) is 4.44. The van der Waals surface area contributed by atoms with Gasteiger partial charge in [-0.1, -0.05) is 23.7 Å². The van der Waals surface area contributed by atoms with Crippen LogP contribution >= 0.6 is 11.6 Å². The Hall–Kier alpha value is -2.01. The zero-order chi connectivity index (χ0) is 11.5. The van der Waals surface area contributed by atoms with Crippen molar-refractivity contribution in [3.8, 4) is 11.6 Å². The number of aromatic nitrogens is 2. The number of para-hydroxylation sites is 2. The van der Waals surface area contributed by atoms with Crippen LogP contribution in [0.3, 0.4) is 0 Å². The van der Waals surface area contributed by atoms with Crippen molar-refractivity contribution in [1.82, 2.24) is 9.97 Å². The van der Waals surface area contributed by atoms with Gasteiger partial charge in [0.05, 0.1) is 12.0 Å². The number of benzene rings is 1. The van der Waals surface area contributed by atoms with Crippen molar-refractivity contribution in [3.63, 3.8) is 0 Å². The second kappa shape index (κ2) is 4.24. The Kier molecular flexibility index (Phi) is 2.78. The van der Waals surface area contributed by atoms with Crippen molar-refractivity contribution in [3.05, 3.63) is 46.0 Å². The number of nitrogen functional groups attached to an aromatic ring is 1. The van der Waals surface area contributed by atoms with Crippen molar-refractivity contribution in [1.29, 1.82) is 0 Å². The van der Waals surface area contributed by atoms with Gasteiger partial charge in [0, 0.05) is 0 Å². The molecule has 0 aliphatic carbocycles. The van der Waals surface area contributed by atoms with Gasteiger partial charge in [-0.25, -0.2) is 4.98 Å². The lowest BCUT2D eigenvalue weighted by atomic mass is 10.3. The fraction of sp³-hybridized carbons (Fsp3) is 0. The van der Waals surface area contributed by atoms with E-state index in [0.29, 0.717) is 11.4 Å². The summed E-state index contributed by atoms with van der Waals surface area (Å²) in [4.78, 5) is 17.3. The monoisotopic (exact) mass is 237 g/mol. The Morgan fingerprint density at radius 1 is 1.38 bits per heavy atom. The van der Waals surface area contributed by atoms with Crippen molar-refractivity contribution in [2.75, 3.05) is 5.73 Å². The molecule has 3 N–H and O–H groups in total. The molecule has 2 rings (SSSR count). The van der Waals surface area contributed by atoms with E-state index in [-0.39, 0.29) is 10.9 Å². The quantitative estimate of drug-likeness (QED) is 0.781. The molecule has 0 amide bonds. The standard InChI is InChI=1S/C10H8ClN3O2/c11-8-9(15)13-5-14-10(8)16-7-4-2-1-3-6(7)12/h1-5H,12H2,(H,13,14,15). The molecule has 0 atom stereocenters. The van der Waals surface area contributed by atoms with Crippen LogP contribution in [0.4, 0.5) is 5.69 Å². The van der Waals surface area contributed by atoms with Crippen molar-refractivity contribution < 1.29 is 4.74 Å².